The average molecular weight is 498 g/mol. The van der Waals surface area contributed by atoms with Gasteiger partial charge < -0.3 is 20.9 Å². The molecule has 3 rings (SSSR count). The summed E-state index contributed by atoms with van der Waals surface area (Å²) in [6, 6.07) is 9.20. The minimum Gasteiger partial charge on any atom is -0.508 e. The Morgan fingerprint density at radius 2 is 1.89 bits per heavy atom. The maximum atomic E-state index is 15.3. The van der Waals surface area contributed by atoms with Gasteiger partial charge in [-0.3, -0.25) is 25.8 Å². The van der Waals surface area contributed by atoms with E-state index < -0.39 is 35.2 Å². The van der Waals surface area contributed by atoms with E-state index in [1.807, 2.05) is 6.92 Å². The standard InChI is InChI=1S/C24H24F2N6O4/c1-2-10-36-18-12-15(33)11-17(19(18)25)20(30-14-7-5-13(6-8-14)22(27)28)24(35)32-31-23(34)16-4-3-9-29-21(16)26/h3-9,11-12,20,30,33H,2,10H2,1H3,(H3,27,28)(H,31,34)(H,32,35). The molecule has 7 N–H and O–H groups in total. The van der Waals surface area contributed by atoms with E-state index in [9.17, 15) is 19.1 Å². The van der Waals surface area contributed by atoms with Gasteiger partial charge in [-0.1, -0.05) is 6.92 Å². The lowest BCUT2D eigenvalue weighted by Gasteiger charge is -2.22. The van der Waals surface area contributed by atoms with Crippen molar-refractivity contribution < 1.29 is 28.2 Å². The third-order valence-corrected chi connectivity index (χ3v) is 4.90. The number of rotatable bonds is 9. The summed E-state index contributed by atoms with van der Waals surface area (Å²) < 4.78 is 34.5. The summed E-state index contributed by atoms with van der Waals surface area (Å²) in [6.45, 7) is 1.99. The van der Waals surface area contributed by atoms with Gasteiger partial charge in [-0.05, 0) is 48.9 Å². The number of benzene rings is 2. The number of amidine groups is 1. The van der Waals surface area contributed by atoms with Crippen LogP contribution in [0.2, 0.25) is 0 Å². The first kappa shape index (κ1) is 25.9. The number of pyridine rings is 1. The molecule has 12 heteroatoms. The quantitative estimate of drug-likeness (QED) is 0.114. The van der Waals surface area contributed by atoms with Crippen molar-refractivity contribution in [1.82, 2.24) is 15.8 Å². The molecule has 1 atom stereocenters. The van der Waals surface area contributed by atoms with Gasteiger partial charge in [0.1, 0.15) is 17.6 Å². The number of nitrogen functional groups attached to an aromatic ring is 1. The van der Waals surface area contributed by atoms with Gasteiger partial charge >= 0.3 is 0 Å². The summed E-state index contributed by atoms with van der Waals surface area (Å²) in [5.41, 5.74) is 9.71. The fourth-order valence-corrected chi connectivity index (χ4v) is 3.14. The minimum atomic E-state index is -1.48. The van der Waals surface area contributed by atoms with Gasteiger partial charge in [0.2, 0.25) is 5.95 Å². The Balaban J connectivity index is 1.92. The van der Waals surface area contributed by atoms with Crippen LogP contribution < -0.4 is 26.6 Å². The van der Waals surface area contributed by atoms with Crippen LogP contribution in [-0.4, -0.2) is 34.3 Å². The monoisotopic (exact) mass is 498 g/mol. The third kappa shape index (κ3) is 6.23. The summed E-state index contributed by atoms with van der Waals surface area (Å²) in [5, 5.41) is 20.5. The van der Waals surface area contributed by atoms with E-state index in [1.54, 1.807) is 0 Å². The first-order valence-corrected chi connectivity index (χ1v) is 10.8. The number of nitrogens with one attached hydrogen (secondary N) is 4. The molecule has 0 bridgehead atoms. The summed E-state index contributed by atoms with van der Waals surface area (Å²) >= 11 is 0. The van der Waals surface area contributed by atoms with Crippen LogP contribution in [0.1, 0.15) is 40.9 Å². The molecule has 36 heavy (non-hydrogen) atoms. The fourth-order valence-electron chi connectivity index (χ4n) is 3.14. The Hall–Kier alpha value is -4.74. The van der Waals surface area contributed by atoms with E-state index in [-0.39, 0.29) is 29.5 Å². The molecule has 0 aliphatic rings. The van der Waals surface area contributed by atoms with E-state index in [0.29, 0.717) is 17.7 Å². The van der Waals surface area contributed by atoms with E-state index in [1.165, 1.54) is 36.4 Å². The third-order valence-electron chi connectivity index (χ3n) is 4.90. The SMILES string of the molecule is CCCOc1cc(O)cc(C(Nc2ccc(C(=N)N)cc2)C(=O)NNC(=O)c2cccnc2F)c1F. The molecule has 1 aromatic heterocycles. The molecule has 0 spiro atoms. The molecule has 188 valence electrons. The normalized spacial score (nSPS) is 11.3. The second-order valence-corrected chi connectivity index (χ2v) is 7.55. The smallest absolute Gasteiger partial charge is 0.274 e. The number of carbonyl (C=O) groups is 2. The maximum absolute atomic E-state index is 15.3. The Kier molecular flexibility index (Phi) is 8.34. The van der Waals surface area contributed by atoms with Crippen molar-refractivity contribution in [1.29, 1.82) is 5.41 Å². The van der Waals surface area contributed by atoms with Gasteiger partial charge in [-0.25, -0.2) is 9.37 Å². The minimum absolute atomic E-state index is 0.169. The van der Waals surface area contributed by atoms with E-state index in [0.717, 1.165) is 18.3 Å². The van der Waals surface area contributed by atoms with Gasteiger partial charge in [0, 0.05) is 29.1 Å². The number of hydrogen-bond donors (Lipinski definition) is 6. The van der Waals surface area contributed by atoms with E-state index in [4.69, 9.17) is 15.9 Å². The molecule has 1 heterocycles. The number of anilines is 1. The highest BCUT2D eigenvalue weighted by molar-refractivity contribution is 5.97. The van der Waals surface area contributed by atoms with Crippen LogP contribution in [0.5, 0.6) is 11.5 Å². The zero-order chi connectivity index (χ0) is 26.2. The van der Waals surface area contributed by atoms with Crippen molar-refractivity contribution in [2.24, 2.45) is 5.73 Å². The number of hydrogen-bond acceptors (Lipinski definition) is 7. The Morgan fingerprint density at radius 3 is 2.53 bits per heavy atom. The van der Waals surface area contributed by atoms with Crippen molar-refractivity contribution in [3.8, 4) is 11.5 Å². The molecule has 2 amide bonds. The zero-order valence-corrected chi connectivity index (χ0v) is 19.1. The average Bonchev–Trinajstić information content (AvgIpc) is 2.86. The van der Waals surface area contributed by atoms with Crippen molar-refractivity contribution >= 4 is 23.3 Å². The molecule has 10 nitrogen and oxygen atoms in total. The number of nitrogens with zero attached hydrogens (tertiary/aromatic N) is 1. The number of amides is 2. The molecule has 0 saturated carbocycles. The molecule has 0 radical (unpaired) electrons. The first-order valence-electron chi connectivity index (χ1n) is 10.8. The number of phenols is 1. The number of carbonyl (C=O) groups excluding carboxylic acids is 2. The summed E-state index contributed by atoms with van der Waals surface area (Å²) in [7, 11) is 0. The highest BCUT2D eigenvalue weighted by atomic mass is 19.1. The van der Waals surface area contributed by atoms with Gasteiger partial charge in [0.15, 0.2) is 11.6 Å². The first-order chi connectivity index (χ1) is 17.2. The zero-order valence-electron chi connectivity index (χ0n) is 19.1. The highest BCUT2D eigenvalue weighted by Gasteiger charge is 2.28. The molecule has 0 saturated heterocycles. The lowest BCUT2D eigenvalue weighted by molar-refractivity contribution is -0.122. The number of hydrazine groups is 1. The number of aromatic nitrogens is 1. The topological polar surface area (TPSA) is 162 Å². The summed E-state index contributed by atoms with van der Waals surface area (Å²) in [6.07, 6.45) is 1.73. The van der Waals surface area contributed by atoms with E-state index >= 15 is 4.39 Å². The number of halogens is 2. The Labute approximate surface area is 205 Å². The Morgan fingerprint density at radius 1 is 1.17 bits per heavy atom. The molecular formula is C24H24F2N6O4. The van der Waals surface area contributed by atoms with Crippen LogP contribution in [0.3, 0.4) is 0 Å². The number of ether oxygens (including phenoxy) is 1. The predicted molar refractivity (Wildman–Crippen MR) is 127 cm³/mol. The van der Waals surface area contributed by atoms with Crippen LogP contribution in [0, 0.1) is 17.2 Å². The molecule has 2 aromatic carbocycles. The highest BCUT2D eigenvalue weighted by Crippen LogP contribution is 2.32. The second kappa shape index (κ2) is 11.6. The molecule has 0 aliphatic carbocycles. The molecule has 3 aromatic rings. The predicted octanol–water partition coefficient (Wildman–Crippen LogP) is 2.75. The number of nitrogens with two attached hydrogens (primary N) is 1. The molecule has 0 fully saturated rings. The largest absolute Gasteiger partial charge is 0.508 e. The van der Waals surface area contributed by atoms with Crippen molar-refractivity contribution in [3.63, 3.8) is 0 Å². The maximum Gasteiger partial charge on any atom is 0.274 e. The second-order valence-electron chi connectivity index (χ2n) is 7.55. The van der Waals surface area contributed by atoms with Crippen molar-refractivity contribution in [2.75, 3.05) is 11.9 Å². The van der Waals surface area contributed by atoms with Gasteiger partial charge in [-0.2, -0.15) is 4.39 Å². The summed E-state index contributed by atoms with van der Waals surface area (Å²) in [4.78, 5) is 28.8. The van der Waals surface area contributed by atoms with Crippen LogP contribution in [-0.2, 0) is 4.79 Å². The summed E-state index contributed by atoms with van der Waals surface area (Å²) in [5.74, 6) is -4.65. The lowest BCUT2D eigenvalue weighted by atomic mass is 10.0. The van der Waals surface area contributed by atoms with Crippen LogP contribution in [0.25, 0.3) is 0 Å². The number of phenolic OH excluding ortho intramolecular Hbond substituents is 1. The van der Waals surface area contributed by atoms with Crippen molar-refractivity contribution in [3.05, 3.63) is 83.2 Å². The lowest BCUT2D eigenvalue weighted by Crippen LogP contribution is -2.46. The van der Waals surface area contributed by atoms with Gasteiger partial charge in [-0.15, -0.1) is 0 Å². The fraction of sp³-hybridized carbons (Fsp3) is 0.167. The van der Waals surface area contributed by atoms with Crippen LogP contribution >= 0.6 is 0 Å². The van der Waals surface area contributed by atoms with E-state index in [2.05, 4.69) is 21.2 Å². The van der Waals surface area contributed by atoms with Crippen molar-refractivity contribution in [2.45, 2.75) is 19.4 Å². The Bertz CT molecular complexity index is 1270. The molecular weight excluding hydrogens is 474 g/mol. The molecule has 0 aliphatic heterocycles. The van der Waals surface area contributed by atoms with Gasteiger partial charge in [0.25, 0.3) is 11.8 Å². The van der Waals surface area contributed by atoms with Crippen LogP contribution in [0.15, 0.2) is 54.7 Å². The molecule has 1 unspecified atom stereocenters. The van der Waals surface area contributed by atoms with Crippen LogP contribution in [0.4, 0.5) is 14.5 Å². The number of aromatic hydroxyl groups is 1. The van der Waals surface area contributed by atoms with Gasteiger partial charge in [0.05, 0.1) is 12.2 Å².